The minimum absolute atomic E-state index is 0.0595. The molecule has 0 aromatic carbocycles. The van der Waals surface area contributed by atoms with Crippen LogP contribution in [0.1, 0.15) is 19.8 Å². The second-order valence-corrected chi connectivity index (χ2v) is 6.18. The molecule has 0 aliphatic carbocycles. The van der Waals surface area contributed by atoms with Crippen LogP contribution in [0, 0.1) is 0 Å². The number of carbonyl (C=O) groups excluding carboxylic acids is 3. The average Bonchev–Trinajstić information content (AvgIpc) is 3.05. The molecule has 3 amide bonds. The molecule has 10 nitrogen and oxygen atoms in total. The number of carboxylic acid groups (broad SMARTS) is 1. The molecule has 1 saturated heterocycles. The summed E-state index contributed by atoms with van der Waals surface area (Å²) < 4.78 is 0. The van der Waals surface area contributed by atoms with E-state index in [1.807, 2.05) is 0 Å². The highest BCUT2D eigenvalue weighted by Gasteiger charge is 2.34. The van der Waals surface area contributed by atoms with E-state index in [1.54, 1.807) is 0 Å². The fourth-order valence-electron chi connectivity index (χ4n) is 2.44. The lowest BCUT2D eigenvalue weighted by Gasteiger charge is -2.24. The Hall–Kier alpha value is -1.85. The first-order chi connectivity index (χ1) is 11.7. The number of nitrogens with one attached hydrogen (secondary N) is 2. The maximum atomic E-state index is 12.1. The van der Waals surface area contributed by atoms with Gasteiger partial charge in [0.1, 0.15) is 12.1 Å². The topological polar surface area (TPSA) is 162 Å². The lowest BCUT2D eigenvalue weighted by molar-refractivity contribution is -0.148. The number of aliphatic hydroxyl groups excluding tert-OH is 1. The van der Waals surface area contributed by atoms with Crippen molar-refractivity contribution < 1.29 is 29.4 Å². The van der Waals surface area contributed by atoms with Gasteiger partial charge in [-0.05, 0) is 19.8 Å². The number of likely N-dealkylation sites (tertiary alicyclic amines) is 1. The van der Waals surface area contributed by atoms with Crippen molar-refractivity contribution in [3.8, 4) is 0 Å². The van der Waals surface area contributed by atoms with E-state index in [-0.39, 0.29) is 5.75 Å². The molecular weight excluding hydrogens is 352 g/mol. The van der Waals surface area contributed by atoms with Crippen molar-refractivity contribution in [2.24, 2.45) is 5.73 Å². The van der Waals surface area contributed by atoms with Gasteiger partial charge in [-0.15, -0.1) is 0 Å². The van der Waals surface area contributed by atoms with E-state index in [1.165, 1.54) is 11.8 Å². The number of nitrogens with zero attached hydrogens (tertiary/aromatic N) is 1. The highest BCUT2D eigenvalue weighted by Crippen LogP contribution is 2.17. The van der Waals surface area contributed by atoms with Gasteiger partial charge in [0.05, 0.1) is 18.7 Å². The summed E-state index contributed by atoms with van der Waals surface area (Å²) in [5, 5.41) is 23.3. The molecule has 0 aromatic heterocycles. The molecule has 1 aliphatic heterocycles. The van der Waals surface area contributed by atoms with Gasteiger partial charge in [0.15, 0.2) is 0 Å². The van der Waals surface area contributed by atoms with Crippen molar-refractivity contribution in [3.63, 3.8) is 0 Å². The van der Waals surface area contributed by atoms with Crippen LogP contribution in [0.2, 0.25) is 0 Å². The molecule has 6 N–H and O–H groups in total. The minimum atomic E-state index is -1.29. The molecular formula is C14H24N4O6S. The number of hydrogen-bond donors (Lipinski definition) is 6. The van der Waals surface area contributed by atoms with E-state index >= 15 is 0 Å². The molecule has 0 aromatic rings. The predicted molar refractivity (Wildman–Crippen MR) is 90.8 cm³/mol. The molecule has 142 valence electrons. The van der Waals surface area contributed by atoms with E-state index in [0.29, 0.717) is 19.4 Å². The molecule has 0 radical (unpaired) electrons. The molecule has 1 rings (SSSR count). The Bertz CT molecular complexity index is 529. The van der Waals surface area contributed by atoms with Crippen molar-refractivity contribution in [1.29, 1.82) is 0 Å². The van der Waals surface area contributed by atoms with Gasteiger partial charge < -0.3 is 31.5 Å². The Balaban J connectivity index is 2.61. The molecule has 11 heteroatoms. The monoisotopic (exact) mass is 376 g/mol. The first kappa shape index (κ1) is 21.2. The Morgan fingerprint density at radius 1 is 1.32 bits per heavy atom. The van der Waals surface area contributed by atoms with Gasteiger partial charge in [0.2, 0.25) is 17.7 Å². The summed E-state index contributed by atoms with van der Waals surface area (Å²) in [5.41, 5.74) is 5.50. The highest BCUT2D eigenvalue weighted by molar-refractivity contribution is 7.80. The van der Waals surface area contributed by atoms with Crippen molar-refractivity contribution in [3.05, 3.63) is 0 Å². The van der Waals surface area contributed by atoms with Crippen LogP contribution in [0.5, 0.6) is 0 Å². The Kier molecular flexibility index (Phi) is 8.13. The van der Waals surface area contributed by atoms with E-state index in [4.69, 9.17) is 10.8 Å². The number of aliphatic hydroxyl groups is 1. The van der Waals surface area contributed by atoms with E-state index in [9.17, 15) is 24.3 Å². The maximum absolute atomic E-state index is 12.1. The number of nitrogens with two attached hydrogens (primary N) is 1. The first-order valence-corrected chi connectivity index (χ1v) is 8.47. The molecule has 4 atom stereocenters. The van der Waals surface area contributed by atoms with E-state index < -0.39 is 54.5 Å². The third kappa shape index (κ3) is 5.87. The second kappa shape index (κ2) is 9.59. The quantitative estimate of drug-likeness (QED) is 0.251. The van der Waals surface area contributed by atoms with Crippen LogP contribution in [-0.4, -0.2) is 81.9 Å². The fraction of sp³-hybridized carbons (Fsp3) is 0.714. The van der Waals surface area contributed by atoms with Crippen molar-refractivity contribution >= 4 is 36.3 Å². The second-order valence-electron chi connectivity index (χ2n) is 5.82. The summed E-state index contributed by atoms with van der Waals surface area (Å²) in [5.74, 6) is -3.00. The third-order valence-electron chi connectivity index (χ3n) is 3.87. The van der Waals surface area contributed by atoms with Gasteiger partial charge >= 0.3 is 5.97 Å². The van der Waals surface area contributed by atoms with Gasteiger partial charge in [-0.3, -0.25) is 14.4 Å². The summed E-state index contributed by atoms with van der Waals surface area (Å²) in [6, 6.07) is -3.13. The summed E-state index contributed by atoms with van der Waals surface area (Å²) in [6.07, 6.45) is -0.280. The summed E-state index contributed by atoms with van der Waals surface area (Å²) >= 11 is 3.88. The Labute approximate surface area is 150 Å². The van der Waals surface area contributed by atoms with Crippen molar-refractivity contribution in [1.82, 2.24) is 15.5 Å². The normalized spacial score (nSPS) is 20.5. The molecule has 0 bridgehead atoms. The van der Waals surface area contributed by atoms with Gasteiger partial charge in [-0.25, -0.2) is 4.79 Å². The third-order valence-corrected chi connectivity index (χ3v) is 4.26. The van der Waals surface area contributed by atoms with Crippen LogP contribution >= 0.6 is 12.6 Å². The SMILES string of the molecule is CC(O)C(NC(=O)C(N)CS)C(=O)NCC(=O)N1CCCC1C(=O)O. The molecule has 1 fully saturated rings. The predicted octanol–water partition coefficient (Wildman–Crippen LogP) is -2.70. The van der Waals surface area contributed by atoms with Crippen molar-refractivity contribution in [2.75, 3.05) is 18.8 Å². The lowest BCUT2D eigenvalue weighted by atomic mass is 10.1. The number of aliphatic carboxylic acids is 1. The van der Waals surface area contributed by atoms with Gasteiger partial charge in [0, 0.05) is 12.3 Å². The standard InChI is InChI=1S/C14H24N4O6S/c1-7(19)11(17-12(21)8(15)6-25)13(22)16-5-10(20)18-4-2-3-9(18)14(23)24/h7-9,11,19,25H,2-6,15H2,1H3,(H,16,22)(H,17,21)(H,23,24). The average molecular weight is 376 g/mol. The molecule has 4 unspecified atom stereocenters. The highest BCUT2D eigenvalue weighted by atomic mass is 32.1. The van der Waals surface area contributed by atoms with Gasteiger partial charge in [-0.1, -0.05) is 0 Å². The number of carboxylic acids is 1. The summed E-state index contributed by atoms with van der Waals surface area (Å²) in [4.78, 5) is 48.3. The number of rotatable bonds is 8. The zero-order valence-electron chi connectivity index (χ0n) is 13.8. The van der Waals surface area contributed by atoms with Crippen LogP contribution in [0.3, 0.4) is 0 Å². The molecule has 25 heavy (non-hydrogen) atoms. The Morgan fingerprint density at radius 2 is 1.96 bits per heavy atom. The van der Waals surface area contributed by atoms with Gasteiger partial charge in [0.25, 0.3) is 0 Å². The maximum Gasteiger partial charge on any atom is 0.326 e. The van der Waals surface area contributed by atoms with Gasteiger partial charge in [-0.2, -0.15) is 12.6 Å². The van der Waals surface area contributed by atoms with Crippen molar-refractivity contribution in [2.45, 2.75) is 44.0 Å². The molecule has 0 saturated carbocycles. The molecule has 0 spiro atoms. The summed E-state index contributed by atoms with van der Waals surface area (Å²) in [7, 11) is 0. The fourth-order valence-corrected chi connectivity index (χ4v) is 2.61. The zero-order chi connectivity index (χ0) is 19.1. The lowest BCUT2D eigenvalue weighted by Crippen LogP contribution is -2.57. The largest absolute Gasteiger partial charge is 0.480 e. The van der Waals surface area contributed by atoms with Crippen LogP contribution < -0.4 is 16.4 Å². The number of thiol groups is 1. The molecule has 1 aliphatic rings. The number of carbonyl (C=O) groups is 4. The minimum Gasteiger partial charge on any atom is -0.480 e. The smallest absolute Gasteiger partial charge is 0.326 e. The first-order valence-electron chi connectivity index (χ1n) is 7.83. The van der Waals surface area contributed by atoms with E-state index in [2.05, 4.69) is 23.3 Å². The van der Waals surface area contributed by atoms with Crippen LogP contribution in [0.15, 0.2) is 0 Å². The number of amides is 3. The van der Waals surface area contributed by atoms with Crippen LogP contribution in [0.4, 0.5) is 0 Å². The molecule has 1 heterocycles. The van der Waals surface area contributed by atoms with Crippen LogP contribution in [-0.2, 0) is 19.2 Å². The Morgan fingerprint density at radius 3 is 2.48 bits per heavy atom. The van der Waals surface area contributed by atoms with E-state index in [0.717, 1.165) is 0 Å². The summed E-state index contributed by atoms with van der Waals surface area (Å²) in [6.45, 7) is 1.18. The van der Waals surface area contributed by atoms with Crippen LogP contribution in [0.25, 0.3) is 0 Å². The zero-order valence-corrected chi connectivity index (χ0v) is 14.7. The number of hydrogen-bond acceptors (Lipinski definition) is 7.